The molecule has 2 N–H and O–H groups in total. The van der Waals surface area contributed by atoms with E-state index in [9.17, 15) is 0 Å². The molecule has 0 saturated heterocycles. The first kappa shape index (κ1) is 14.7. The fraction of sp³-hybridized carbons (Fsp3) is 0.400. The van der Waals surface area contributed by atoms with Crippen LogP contribution in [0.4, 0.5) is 0 Å². The Morgan fingerprint density at radius 2 is 1.85 bits per heavy atom. The zero-order chi connectivity index (χ0) is 14.2. The lowest BCUT2D eigenvalue weighted by atomic mass is 10.2. The van der Waals surface area contributed by atoms with Gasteiger partial charge in [-0.3, -0.25) is 4.90 Å². The van der Waals surface area contributed by atoms with Crippen molar-refractivity contribution in [1.82, 2.24) is 9.88 Å². The van der Waals surface area contributed by atoms with E-state index in [4.69, 9.17) is 14.6 Å². The molecule has 5 nitrogen and oxygen atoms in total. The lowest BCUT2D eigenvalue weighted by Crippen LogP contribution is -2.28. The monoisotopic (exact) mass is 276 g/mol. The van der Waals surface area contributed by atoms with E-state index in [2.05, 4.69) is 4.98 Å². The molecule has 0 atom stereocenters. The molecule has 0 amide bonds. The SMILES string of the molecule is OCCCN(CCO)Cc1coc(-c2ccccc2)n1. The van der Waals surface area contributed by atoms with E-state index in [0.717, 1.165) is 17.8 Å². The van der Waals surface area contributed by atoms with Crippen molar-refractivity contribution in [2.75, 3.05) is 26.3 Å². The predicted octanol–water partition coefficient (Wildman–Crippen LogP) is 1.52. The number of hydrogen-bond donors (Lipinski definition) is 2. The molecular formula is C15H20N2O3. The Morgan fingerprint density at radius 1 is 1.05 bits per heavy atom. The third-order valence-corrected chi connectivity index (χ3v) is 3.01. The van der Waals surface area contributed by atoms with Crippen LogP contribution in [-0.4, -0.2) is 46.4 Å². The van der Waals surface area contributed by atoms with Crippen LogP contribution in [0.25, 0.3) is 11.5 Å². The van der Waals surface area contributed by atoms with Crippen molar-refractivity contribution in [2.45, 2.75) is 13.0 Å². The third kappa shape index (κ3) is 4.16. The molecule has 0 bridgehead atoms. The molecule has 5 heteroatoms. The highest BCUT2D eigenvalue weighted by Gasteiger charge is 2.10. The number of aliphatic hydroxyl groups is 2. The van der Waals surface area contributed by atoms with Crippen molar-refractivity contribution in [2.24, 2.45) is 0 Å². The smallest absolute Gasteiger partial charge is 0.226 e. The summed E-state index contributed by atoms with van der Waals surface area (Å²) in [4.78, 5) is 6.50. The highest BCUT2D eigenvalue weighted by Crippen LogP contribution is 2.18. The average Bonchev–Trinajstić information content (AvgIpc) is 2.94. The minimum Gasteiger partial charge on any atom is -0.444 e. The first-order valence-electron chi connectivity index (χ1n) is 6.77. The number of aliphatic hydroxyl groups excluding tert-OH is 2. The molecule has 1 heterocycles. The normalized spacial score (nSPS) is 11.2. The van der Waals surface area contributed by atoms with Gasteiger partial charge in [-0.1, -0.05) is 18.2 Å². The minimum absolute atomic E-state index is 0.0921. The number of nitrogens with zero attached hydrogens (tertiary/aromatic N) is 2. The van der Waals surface area contributed by atoms with E-state index in [1.54, 1.807) is 6.26 Å². The molecule has 0 spiro atoms. The molecule has 0 saturated carbocycles. The molecule has 108 valence electrons. The van der Waals surface area contributed by atoms with Gasteiger partial charge in [0.1, 0.15) is 6.26 Å². The quantitative estimate of drug-likeness (QED) is 0.765. The topological polar surface area (TPSA) is 69.7 Å². The van der Waals surface area contributed by atoms with Gasteiger partial charge in [-0.05, 0) is 18.6 Å². The number of benzene rings is 1. The van der Waals surface area contributed by atoms with Gasteiger partial charge in [0, 0.05) is 31.8 Å². The summed E-state index contributed by atoms with van der Waals surface area (Å²) >= 11 is 0. The first-order valence-corrected chi connectivity index (χ1v) is 6.77. The molecule has 2 aromatic rings. The van der Waals surface area contributed by atoms with Crippen LogP contribution in [0.15, 0.2) is 41.0 Å². The average molecular weight is 276 g/mol. The minimum atomic E-state index is 0.0921. The highest BCUT2D eigenvalue weighted by molar-refractivity contribution is 5.52. The van der Waals surface area contributed by atoms with Gasteiger partial charge in [0.2, 0.25) is 5.89 Å². The van der Waals surface area contributed by atoms with Crippen LogP contribution in [0.5, 0.6) is 0 Å². The fourth-order valence-corrected chi connectivity index (χ4v) is 2.03. The van der Waals surface area contributed by atoms with Crippen LogP contribution in [-0.2, 0) is 6.54 Å². The predicted molar refractivity (Wildman–Crippen MR) is 76.0 cm³/mol. The fourth-order valence-electron chi connectivity index (χ4n) is 2.03. The van der Waals surface area contributed by atoms with Crippen LogP contribution >= 0.6 is 0 Å². The Bertz CT molecular complexity index is 499. The van der Waals surface area contributed by atoms with E-state index in [0.29, 0.717) is 25.4 Å². The number of rotatable bonds is 8. The van der Waals surface area contributed by atoms with Gasteiger partial charge in [-0.25, -0.2) is 4.98 Å². The van der Waals surface area contributed by atoms with Gasteiger partial charge in [-0.2, -0.15) is 0 Å². The van der Waals surface area contributed by atoms with Crippen LogP contribution in [0.3, 0.4) is 0 Å². The van der Waals surface area contributed by atoms with E-state index >= 15 is 0 Å². The molecule has 0 fully saturated rings. The Labute approximate surface area is 118 Å². The van der Waals surface area contributed by atoms with Crippen molar-refractivity contribution in [3.05, 3.63) is 42.3 Å². The summed E-state index contributed by atoms with van der Waals surface area (Å²) in [6, 6.07) is 9.74. The maximum Gasteiger partial charge on any atom is 0.226 e. The summed E-state index contributed by atoms with van der Waals surface area (Å²) in [6.45, 7) is 2.14. The second-order valence-corrected chi connectivity index (χ2v) is 4.59. The lowest BCUT2D eigenvalue weighted by molar-refractivity contribution is 0.173. The van der Waals surface area contributed by atoms with Gasteiger partial charge in [0.05, 0.1) is 12.3 Å². The maximum absolute atomic E-state index is 9.05. The zero-order valence-electron chi connectivity index (χ0n) is 11.4. The number of oxazole rings is 1. The molecule has 0 aliphatic rings. The third-order valence-electron chi connectivity index (χ3n) is 3.01. The summed E-state index contributed by atoms with van der Waals surface area (Å²) in [5, 5.41) is 17.9. The highest BCUT2D eigenvalue weighted by atomic mass is 16.3. The molecule has 1 aromatic carbocycles. The van der Waals surface area contributed by atoms with Gasteiger partial charge in [-0.15, -0.1) is 0 Å². The molecule has 0 radical (unpaired) electrons. The molecule has 20 heavy (non-hydrogen) atoms. The molecule has 0 unspecified atom stereocenters. The Morgan fingerprint density at radius 3 is 2.55 bits per heavy atom. The molecule has 0 aliphatic heterocycles. The van der Waals surface area contributed by atoms with Crippen molar-refractivity contribution in [1.29, 1.82) is 0 Å². The second-order valence-electron chi connectivity index (χ2n) is 4.59. The van der Waals surface area contributed by atoms with E-state index < -0.39 is 0 Å². The van der Waals surface area contributed by atoms with E-state index in [-0.39, 0.29) is 13.2 Å². The Balaban J connectivity index is 2.00. The molecular weight excluding hydrogens is 256 g/mol. The number of aromatic nitrogens is 1. The number of hydrogen-bond acceptors (Lipinski definition) is 5. The zero-order valence-corrected chi connectivity index (χ0v) is 11.4. The van der Waals surface area contributed by atoms with Crippen molar-refractivity contribution >= 4 is 0 Å². The van der Waals surface area contributed by atoms with Gasteiger partial charge >= 0.3 is 0 Å². The van der Waals surface area contributed by atoms with E-state index in [1.165, 1.54) is 0 Å². The Hall–Kier alpha value is -1.69. The van der Waals surface area contributed by atoms with Crippen LogP contribution in [0.2, 0.25) is 0 Å². The maximum atomic E-state index is 9.05. The lowest BCUT2D eigenvalue weighted by Gasteiger charge is -2.19. The summed E-state index contributed by atoms with van der Waals surface area (Å²) in [5.41, 5.74) is 1.78. The van der Waals surface area contributed by atoms with Crippen LogP contribution in [0, 0.1) is 0 Å². The first-order chi connectivity index (χ1) is 9.83. The molecule has 2 rings (SSSR count). The standard InChI is InChI=1S/C15H20N2O3/c18-9-4-7-17(8-10-19)11-14-12-20-15(16-14)13-5-2-1-3-6-13/h1-3,5-6,12,18-19H,4,7-11H2. The van der Waals surface area contributed by atoms with Crippen molar-refractivity contribution < 1.29 is 14.6 Å². The van der Waals surface area contributed by atoms with Gasteiger partial charge in [0.25, 0.3) is 0 Å². The van der Waals surface area contributed by atoms with Gasteiger partial charge < -0.3 is 14.6 Å². The summed E-state index contributed by atoms with van der Waals surface area (Å²) in [6.07, 6.45) is 2.33. The van der Waals surface area contributed by atoms with E-state index in [1.807, 2.05) is 35.2 Å². The van der Waals surface area contributed by atoms with Crippen LogP contribution in [0.1, 0.15) is 12.1 Å². The summed E-state index contributed by atoms with van der Waals surface area (Å²) < 4.78 is 5.48. The summed E-state index contributed by atoms with van der Waals surface area (Å²) in [7, 11) is 0. The molecule has 1 aromatic heterocycles. The molecule has 0 aliphatic carbocycles. The second kappa shape index (κ2) is 7.79. The van der Waals surface area contributed by atoms with Gasteiger partial charge in [0.15, 0.2) is 0 Å². The largest absolute Gasteiger partial charge is 0.444 e. The Kier molecular flexibility index (Phi) is 5.73. The van der Waals surface area contributed by atoms with Crippen molar-refractivity contribution in [3.63, 3.8) is 0 Å². The van der Waals surface area contributed by atoms with Crippen LogP contribution < -0.4 is 0 Å². The van der Waals surface area contributed by atoms with Crippen molar-refractivity contribution in [3.8, 4) is 11.5 Å². The summed E-state index contributed by atoms with van der Waals surface area (Å²) in [5.74, 6) is 0.603.